The molecule has 7 rings (SSSR count). The first-order valence-electron chi connectivity index (χ1n) is 15.1. The number of sulfonamides is 2. The lowest BCUT2D eigenvalue weighted by Gasteiger charge is -2.22. The molecule has 0 unspecified atom stereocenters. The summed E-state index contributed by atoms with van der Waals surface area (Å²) >= 11 is 0. The van der Waals surface area contributed by atoms with Gasteiger partial charge in [-0.2, -0.15) is 4.31 Å². The first kappa shape index (κ1) is 29.7. The van der Waals surface area contributed by atoms with Crippen LogP contribution in [0.15, 0.2) is 97.9 Å². The van der Waals surface area contributed by atoms with Crippen LogP contribution in [0.4, 0.5) is 0 Å². The average molecular weight is 648 g/mol. The van der Waals surface area contributed by atoms with E-state index in [0.717, 1.165) is 36.8 Å². The Morgan fingerprint density at radius 1 is 0.778 bits per heavy atom. The Morgan fingerprint density at radius 2 is 1.40 bits per heavy atom. The fourth-order valence-electron chi connectivity index (χ4n) is 5.56. The molecule has 0 aliphatic heterocycles. The van der Waals surface area contributed by atoms with Gasteiger partial charge in [-0.05, 0) is 98.2 Å². The highest BCUT2D eigenvalue weighted by atomic mass is 32.2. The summed E-state index contributed by atoms with van der Waals surface area (Å²) in [6.45, 7) is 0.590. The minimum Gasteiger partial charge on any atom is -0.464 e. The molecule has 0 radical (unpaired) electrons. The van der Waals surface area contributed by atoms with Crippen molar-refractivity contribution in [1.82, 2.24) is 14.3 Å². The van der Waals surface area contributed by atoms with Gasteiger partial charge in [-0.25, -0.2) is 21.6 Å². The Bertz CT molecular complexity index is 2100. The zero-order valence-electron chi connectivity index (χ0n) is 24.4. The summed E-state index contributed by atoms with van der Waals surface area (Å²) in [5.74, 6) is -0.176. The van der Waals surface area contributed by atoms with Crippen molar-refractivity contribution in [2.24, 2.45) is 0 Å². The first-order chi connectivity index (χ1) is 21.7. The van der Waals surface area contributed by atoms with Crippen LogP contribution in [-0.4, -0.2) is 52.2 Å². The lowest BCUT2D eigenvalue weighted by molar-refractivity contribution is 0.0954. The maximum atomic E-state index is 14.0. The molecule has 5 aromatic rings. The largest absolute Gasteiger partial charge is 0.464 e. The second-order valence-corrected chi connectivity index (χ2v) is 15.3. The molecule has 12 heteroatoms. The standard InChI is InChI=1S/C33H33N3O7S2/c37-33(22-4-2-1-3-5-22)34-16-14-23-20-42-32-13-11-28(19-30(23)32)45(40,41)36(26-8-9-26)17-15-24-21-43-31-12-10-27(18-29(24)31)44(38,39)35-25-6-7-25/h1-5,10-13,18-21,25-26,35H,6-9,14-17H2,(H,34,37). The van der Waals surface area contributed by atoms with Gasteiger partial charge in [-0.15, -0.1) is 0 Å². The zero-order chi connectivity index (χ0) is 31.2. The van der Waals surface area contributed by atoms with Crippen molar-refractivity contribution < 1.29 is 30.5 Å². The van der Waals surface area contributed by atoms with Crippen molar-refractivity contribution in [3.8, 4) is 0 Å². The summed E-state index contributed by atoms with van der Waals surface area (Å²) in [7, 11) is -7.50. The van der Waals surface area contributed by atoms with E-state index in [4.69, 9.17) is 8.83 Å². The molecule has 2 aliphatic rings. The van der Waals surface area contributed by atoms with Gasteiger partial charge in [0, 0.05) is 41.5 Å². The summed E-state index contributed by atoms with van der Waals surface area (Å²) in [5.41, 5.74) is 3.25. The second-order valence-electron chi connectivity index (χ2n) is 11.7. The van der Waals surface area contributed by atoms with Crippen molar-refractivity contribution in [3.05, 3.63) is 95.9 Å². The Hall–Kier alpha value is -3.97. The van der Waals surface area contributed by atoms with Crippen LogP contribution >= 0.6 is 0 Å². The van der Waals surface area contributed by atoms with Gasteiger partial charge in [0.2, 0.25) is 20.0 Å². The Balaban J connectivity index is 1.08. The van der Waals surface area contributed by atoms with Crippen LogP contribution in [0.25, 0.3) is 21.9 Å². The quantitative estimate of drug-likeness (QED) is 0.184. The minimum atomic E-state index is -3.85. The van der Waals surface area contributed by atoms with Gasteiger partial charge in [-0.1, -0.05) is 18.2 Å². The molecule has 2 saturated carbocycles. The monoisotopic (exact) mass is 647 g/mol. The minimum absolute atomic E-state index is 0.00956. The Kier molecular flexibility index (Phi) is 7.76. The third kappa shape index (κ3) is 6.28. The molecule has 0 saturated heterocycles. The van der Waals surface area contributed by atoms with Crippen molar-refractivity contribution >= 4 is 47.9 Å². The van der Waals surface area contributed by atoms with E-state index in [1.54, 1.807) is 71.4 Å². The topological polar surface area (TPSA) is 139 Å². The molecular weight excluding hydrogens is 615 g/mol. The summed E-state index contributed by atoms with van der Waals surface area (Å²) in [6.07, 6.45) is 7.26. The molecule has 2 aromatic heterocycles. The van der Waals surface area contributed by atoms with Crippen molar-refractivity contribution in [3.63, 3.8) is 0 Å². The number of nitrogens with one attached hydrogen (secondary N) is 2. The smallest absolute Gasteiger partial charge is 0.251 e. The third-order valence-electron chi connectivity index (χ3n) is 8.34. The Morgan fingerprint density at radius 3 is 2.04 bits per heavy atom. The summed E-state index contributed by atoms with van der Waals surface area (Å²) in [6, 6.07) is 18.5. The van der Waals surface area contributed by atoms with E-state index in [9.17, 15) is 21.6 Å². The lowest BCUT2D eigenvalue weighted by Crippen LogP contribution is -2.35. The normalized spacial score (nSPS) is 15.7. The van der Waals surface area contributed by atoms with E-state index < -0.39 is 20.0 Å². The number of carbonyl (C=O) groups is 1. The van der Waals surface area contributed by atoms with Crippen LogP contribution in [0.1, 0.15) is 47.2 Å². The van der Waals surface area contributed by atoms with Crippen LogP contribution < -0.4 is 10.0 Å². The molecule has 2 heterocycles. The maximum Gasteiger partial charge on any atom is 0.251 e. The second kappa shape index (κ2) is 11.8. The average Bonchev–Trinajstić information content (AvgIpc) is 3.97. The molecule has 10 nitrogen and oxygen atoms in total. The number of amides is 1. The number of fused-ring (bicyclic) bond motifs is 2. The summed E-state index contributed by atoms with van der Waals surface area (Å²) in [4.78, 5) is 12.8. The van der Waals surface area contributed by atoms with E-state index in [1.165, 1.54) is 6.07 Å². The SMILES string of the molecule is O=C(NCCc1coc2ccc(S(=O)(=O)N(CCc3coc4ccc(S(=O)(=O)NC5CC5)cc34)C3CC3)cc12)c1ccccc1. The number of hydrogen-bond donors (Lipinski definition) is 2. The van der Waals surface area contributed by atoms with Gasteiger partial charge in [0.15, 0.2) is 0 Å². The van der Waals surface area contributed by atoms with Gasteiger partial charge in [-0.3, -0.25) is 4.79 Å². The van der Waals surface area contributed by atoms with Gasteiger partial charge in [0.1, 0.15) is 11.2 Å². The molecule has 0 spiro atoms. The molecule has 1 amide bonds. The lowest BCUT2D eigenvalue weighted by atomic mass is 10.1. The molecule has 2 fully saturated rings. The summed E-state index contributed by atoms with van der Waals surface area (Å²) < 4.78 is 69.2. The van der Waals surface area contributed by atoms with Crippen LogP contribution in [0.5, 0.6) is 0 Å². The molecule has 3 aromatic carbocycles. The van der Waals surface area contributed by atoms with Crippen molar-refractivity contribution in [2.75, 3.05) is 13.1 Å². The molecular formula is C33H33N3O7S2. The maximum absolute atomic E-state index is 14.0. The van der Waals surface area contributed by atoms with Gasteiger partial charge >= 0.3 is 0 Å². The van der Waals surface area contributed by atoms with Gasteiger partial charge in [0.25, 0.3) is 5.91 Å². The molecule has 45 heavy (non-hydrogen) atoms. The fraction of sp³-hybridized carbons (Fsp3) is 0.303. The third-order valence-corrected chi connectivity index (χ3v) is 11.8. The predicted octanol–water partition coefficient (Wildman–Crippen LogP) is 4.99. The highest BCUT2D eigenvalue weighted by Crippen LogP contribution is 2.35. The van der Waals surface area contributed by atoms with E-state index in [0.29, 0.717) is 46.9 Å². The highest BCUT2D eigenvalue weighted by Gasteiger charge is 2.38. The number of furan rings is 2. The number of nitrogens with zero attached hydrogens (tertiary/aromatic N) is 1. The van der Waals surface area contributed by atoms with Gasteiger partial charge in [0.05, 0.1) is 22.3 Å². The van der Waals surface area contributed by atoms with Crippen LogP contribution in [-0.2, 0) is 32.9 Å². The molecule has 0 bridgehead atoms. The van der Waals surface area contributed by atoms with Crippen LogP contribution in [0.3, 0.4) is 0 Å². The number of benzene rings is 3. The highest BCUT2D eigenvalue weighted by molar-refractivity contribution is 7.89. The summed E-state index contributed by atoms with van der Waals surface area (Å²) in [5, 5.41) is 4.25. The molecule has 2 aliphatic carbocycles. The fourth-order valence-corrected chi connectivity index (χ4v) is 8.60. The molecule has 234 valence electrons. The van der Waals surface area contributed by atoms with E-state index >= 15 is 0 Å². The van der Waals surface area contributed by atoms with Crippen LogP contribution in [0.2, 0.25) is 0 Å². The number of hydrogen-bond acceptors (Lipinski definition) is 7. The Labute approximate surface area is 261 Å². The van der Waals surface area contributed by atoms with E-state index in [1.807, 2.05) is 6.07 Å². The first-order valence-corrected chi connectivity index (χ1v) is 18.0. The molecule has 0 atom stereocenters. The van der Waals surface area contributed by atoms with Crippen molar-refractivity contribution in [1.29, 1.82) is 0 Å². The van der Waals surface area contributed by atoms with E-state index in [-0.39, 0.29) is 34.3 Å². The van der Waals surface area contributed by atoms with Crippen molar-refractivity contribution in [2.45, 2.75) is 60.4 Å². The van der Waals surface area contributed by atoms with E-state index in [2.05, 4.69) is 10.0 Å². The van der Waals surface area contributed by atoms with Gasteiger partial charge < -0.3 is 14.2 Å². The van der Waals surface area contributed by atoms with Crippen LogP contribution in [0, 0.1) is 0 Å². The predicted molar refractivity (Wildman–Crippen MR) is 169 cm³/mol. The zero-order valence-corrected chi connectivity index (χ0v) is 26.1. The number of rotatable bonds is 13. The number of carbonyl (C=O) groups excluding carboxylic acids is 1. The molecule has 2 N–H and O–H groups in total.